The van der Waals surface area contributed by atoms with Crippen molar-refractivity contribution in [1.82, 2.24) is 15.5 Å². The molecule has 6 heteroatoms. The Hall–Kier alpha value is -1.95. The number of hydrogen-bond donors (Lipinski definition) is 2. The van der Waals surface area contributed by atoms with Gasteiger partial charge in [-0.3, -0.25) is 9.89 Å². The summed E-state index contributed by atoms with van der Waals surface area (Å²) in [6.45, 7) is 4.31. The van der Waals surface area contributed by atoms with Crippen molar-refractivity contribution in [2.45, 2.75) is 38.0 Å². The Kier molecular flexibility index (Phi) is 5.45. The molecule has 3 rings (SSSR count). The minimum Gasteiger partial charge on any atom is -0.486 e. The third kappa shape index (κ3) is 4.32. The van der Waals surface area contributed by atoms with Crippen LogP contribution in [0.15, 0.2) is 29.3 Å². The van der Waals surface area contributed by atoms with E-state index in [0.29, 0.717) is 19.2 Å². The number of likely N-dealkylation sites (N-methyl/N-ethyl adjacent to an activating group) is 1. The van der Waals surface area contributed by atoms with Crippen molar-refractivity contribution in [3.63, 3.8) is 0 Å². The van der Waals surface area contributed by atoms with E-state index in [2.05, 4.69) is 34.5 Å². The van der Waals surface area contributed by atoms with Crippen molar-refractivity contribution in [2.24, 2.45) is 4.99 Å². The number of fused-ring (bicyclic) bond motifs is 1. The van der Waals surface area contributed by atoms with Crippen LogP contribution in [0.5, 0.6) is 11.5 Å². The quantitative estimate of drug-likeness (QED) is 0.610. The Balaban J connectivity index is 1.41. The smallest absolute Gasteiger partial charge is 0.191 e. The standard InChI is InChI=1S/C18H28N4O2/c1-13(22(3)14-8-9-14)10-20-18(19-2)21-11-15-12-23-16-6-4-5-7-17(16)24-15/h4-7,13-15H,8-12H2,1-3H3,(H2,19,20,21). The molecule has 132 valence electrons. The van der Waals surface area contributed by atoms with E-state index in [4.69, 9.17) is 9.47 Å². The third-order valence-corrected chi connectivity index (χ3v) is 4.67. The molecule has 1 fully saturated rings. The van der Waals surface area contributed by atoms with Crippen LogP contribution in [0.25, 0.3) is 0 Å². The summed E-state index contributed by atoms with van der Waals surface area (Å²) < 4.78 is 11.7. The van der Waals surface area contributed by atoms with Gasteiger partial charge in [-0.2, -0.15) is 0 Å². The van der Waals surface area contributed by atoms with Crippen LogP contribution in [-0.2, 0) is 0 Å². The van der Waals surface area contributed by atoms with Gasteiger partial charge in [-0.15, -0.1) is 0 Å². The largest absolute Gasteiger partial charge is 0.486 e. The molecule has 1 aliphatic carbocycles. The van der Waals surface area contributed by atoms with Crippen LogP contribution in [-0.4, -0.2) is 62.8 Å². The first-order chi connectivity index (χ1) is 11.7. The predicted molar refractivity (Wildman–Crippen MR) is 96.0 cm³/mol. The molecule has 1 aromatic carbocycles. The highest BCUT2D eigenvalue weighted by molar-refractivity contribution is 5.79. The predicted octanol–water partition coefficient (Wildman–Crippen LogP) is 1.47. The fourth-order valence-electron chi connectivity index (χ4n) is 2.82. The molecule has 0 radical (unpaired) electrons. The van der Waals surface area contributed by atoms with E-state index in [-0.39, 0.29) is 6.10 Å². The molecule has 2 unspecified atom stereocenters. The third-order valence-electron chi connectivity index (χ3n) is 4.67. The highest BCUT2D eigenvalue weighted by Crippen LogP contribution is 2.30. The fraction of sp³-hybridized carbons (Fsp3) is 0.611. The molecule has 2 aliphatic rings. The van der Waals surface area contributed by atoms with Crippen LogP contribution in [0.2, 0.25) is 0 Å². The molecule has 1 aromatic rings. The number of nitrogens with one attached hydrogen (secondary N) is 2. The van der Waals surface area contributed by atoms with Crippen LogP contribution < -0.4 is 20.1 Å². The Labute approximate surface area is 144 Å². The van der Waals surface area contributed by atoms with Crippen LogP contribution in [0.3, 0.4) is 0 Å². The monoisotopic (exact) mass is 332 g/mol. The van der Waals surface area contributed by atoms with E-state index in [0.717, 1.165) is 30.0 Å². The number of rotatable bonds is 6. The van der Waals surface area contributed by atoms with Gasteiger partial charge in [-0.05, 0) is 38.9 Å². The van der Waals surface area contributed by atoms with Gasteiger partial charge < -0.3 is 20.1 Å². The topological polar surface area (TPSA) is 58.1 Å². The van der Waals surface area contributed by atoms with Gasteiger partial charge in [-0.1, -0.05) is 12.1 Å². The second kappa shape index (κ2) is 7.75. The van der Waals surface area contributed by atoms with Crippen molar-refractivity contribution in [2.75, 3.05) is 33.8 Å². The minimum absolute atomic E-state index is 0.0231. The SMILES string of the molecule is CN=C(NCC1COc2ccccc2O1)NCC(C)N(C)C1CC1. The molecule has 2 atom stereocenters. The van der Waals surface area contributed by atoms with Crippen LogP contribution in [0, 0.1) is 0 Å². The molecule has 0 bridgehead atoms. The van der Waals surface area contributed by atoms with Crippen LogP contribution in [0.1, 0.15) is 19.8 Å². The van der Waals surface area contributed by atoms with Gasteiger partial charge in [0.25, 0.3) is 0 Å². The zero-order chi connectivity index (χ0) is 16.9. The summed E-state index contributed by atoms with van der Waals surface area (Å²) in [6.07, 6.45) is 2.63. The molecule has 24 heavy (non-hydrogen) atoms. The maximum absolute atomic E-state index is 5.95. The van der Waals surface area contributed by atoms with Gasteiger partial charge in [-0.25, -0.2) is 0 Å². The number of hydrogen-bond acceptors (Lipinski definition) is 4. The van der Waals surface area contributed by atoms with Crippen molar-refractivity contribution in [3.8, 4) is 11.5 Å². The molecular formula is C18H28N4O2. The summed E-state index contributed by atoms with van der Waals surface area (Å²) in [5.41, 5.74) is 0. The van der Waals surface area contributed by atoms with Gasteiger partial charge in [0.1, 0.15) is 12.7 Å². The first-order valence-corrected chi connectivity index (χ1v) is 8.72. The van der Waals surface area contributed by atoms with Crippen molar-refractivity contribution in [1.29, 1.82) is 0 Å². The number of ether oxygens (including phenoxy) is 2. The number of guanidine groups is 1. The molecule has 6 nitrogen and oxygen atoms in total. The Bertz CT molecular complexity index is 574. The Morgan fingerprint density at radius 2 is 2.04 bits per heavy atom. The lowest BCUT2D eigenvalue weighted by molar-refractivity contribution is 0.0936. The molecule has 0 amide bonds. The zero-order valence-electron chi connectivity index (χ0n) is 14.8. The Morgan fingerprint density at radius 3 is 2.75 bits per heavy atom. The number of para-hydroxylation sites is 2. The van der Waals surface area contributed by atoms with Crippen LogP contribution in [0.4, 0.5) is 0 Å². The minimum atomic E-state index is -0.0231. The summed E-state index contributed by atoms with van der Waals surface area (Å²) in [5, 5.41) is 6.72. The van der Waals surface area contributed by atoms with Gasteiger partial charge in [0.2, 0.25) is 0 Å². The van der Waals surface area contributed by atoms with E-state index in [1.54, 1.807) is 7.05 Å². The zero-order valence-corrected chi connectivity index (χ0v) is 14.8. The average molecular weight is 332 g/mol. The van der Waals surface area contributed by atoms with E-state index < -0.39 is 0 Å². The van der Waals surface area contributed by atoms with E-state index in [1.807, 2.05) is 24.3 Å². The summed E-state index contributed by atoms with van der Waals surface area (Å²) in [5.74, 6) is 2.42. The molecule has 1 heterocycles. The van der Waals surface area contributed by atoms with Crippen molar-refractivity contribution >= 4 is 5.96 Å². The number of aliphatic imine (C=N–C) groups is 1. The highest BCUT2D eigenvalue weighted by Gasteiger charge is 2.29. The van der Waals surface area contributed by atoms with Gasteiger partial charge >= 0.3 is 0 Å². The lowest BCUT2D eigenvalue weighted by Crippen LogP contribution is -2.48. The van der Waals surface area contributed by atoms with Gasteiger partial charge in [0.05, 0.1) is 6.54 Å². The van der Waals surface area contributed by atoms with Crippen LogP contribution >= 0.6 is 0 Å². The summed E-state index contributed by atoms with van der Waals surface area (Å²) >= 11 is 0. The van der Waals surface area contributed by atoms with Gasteiger partial charge in [0, 0.05) is 25.7 Å². The first-order valence-electron chi connectivity index (χ1n) is 8.72. The highest BCUT2D eigenvalue weighted by atomic mass is 16.6. The molecule has 0 spiro atoms. The lowest BCUT2D eigenvalue weighted by atomic mass is 10.2. The summed E-state index contributed by atoms with van der Waals surface area (Å²) in [4.78, 5) is 6.73. The first kappa shape index (κ1) is 16.9. The second-order valence-electron chi connectivity index (χ2n) is 6.58. The second-order valence-corrected chi connectivity index (χ2v) is 6.58. The molecule has 0 aromatic heterocycles. The molecular weight excluding hydrogens is 304 g/mol. The summed E-state index contributed by atoms with van der Waals surface area (Å²) in [7, 11) is 3.99. The van der Waals surface area contributed by atoms with Gasteiger partial charge in [0.15, 0.2) is 17.5 Å². The van der Waals surface area contributed by atoms with Crippen molar-refractivity contribution in [3.05, 3.63) is 24.3 Å². The number of nitrogens with zero attached hydrogens (tertiary/aromatic N) is 2. The molecule has 1 saturated carbocycles. The van der Waals surface area contributed by atoms with E-state index in [1.165, 1.54) is 12.8 Å². The average Bonchev–Trinajstić information content (AvgIpc) is 3.46. The summed E-state index contributed by atoms with van der Waals surface area (Å²) in [6, 6.07) is 9.02. The molecule has 1 aliphatic heterocycles. The van der Waals surface area contributed by atoms with Crippen molar-refractivity contribution < 1.29 is 9.47 Å². The molecule has 0 saturated heterocycles. The Morgan fingerprint density at radius 1 is 1.29 bits per heavy atom. The fourth-order valence-corrected chi connectivity index (χ4v) is 2.82. The number of benzene rings is 1. The maximum atomic E-state index is 5.95. The lowest BCUT2D eigenvalue weighted by Gasteiger charge is -2.28. The van der Waals surface area contributed by atoms with E-state index in [9.17, 15) is 0 Å². The van der Waals surface area contributed by atoms with E-state index >= 15 is 0 Å². The molecule has 2 N–H and O–H groups in total. The maximum Gasteiger partial charge on any atom is 0.191 e. The normalized spacial score (nSPS) is 21.5.